The summed E-state index contributed by atoms with van der Waals surface area (Å²) in [5.74, 6) is 0. The minimum Gasteiger partial charge on any atom is -0.309 e. The van der Waals surface area contributed by atoms with E-state index in [-0.39, 0.29) is 0 Å². The molecule has 1 aromatic rings. The topological polar surface area (TPSA) is 15.3 Å². The van der Waals surface area contributed by atoms with Gasteiger partial charge in [-0.1, -0.05) is 30.3 Å². The first-order valence-electron chi connectivity index (χ1n) is 6.76. The zero-order valence-electron chi connectivity index (χ0n) is 11.0. The number of piperazine rings is 1. The van der Waals surface area contributed by atoms with Crippen LogP contribution in [0.15, 0.2) is 30.3 Å². The van der Waals surface area contributed by atoms with E-state index >= 15 is 0 Å². The molecule has 1 heterocycles. The lowest BCUT2D eigenvalue weighted by atomic mass is 10.1. The maximum absolute atomic E-state index is 3.58. The molecule has 0 aliphatic carbocycles. The lowest BCUT2D eigenvalue weighted by molar-refractivity contribution is 0.172. The molecule has 1 aliphatic heterocycles. The first kappa shape index (κ1) is 12.6. The summed E-state index contributed by atoms with van der Waals surface area (Å²) in [4.78, 5) is 2.59. The van der Waals surface area contributed by atoms with Crippen molar-refractivity contribution in [2.45, 2.75) is 38.8 Å². The number of nitrogens with zero attached hydrogens (tertiary/aromatic N) is 1. The molecular weight excluding hydrogens is 208 g/mol. The third-order valence-corrected chi connectivity index (χ3v) is 3.42. The predicted octanol–water partition coefficient (Wildman–Crippen LogP) is 2.30. The van der Waals surface area contributed by atoms with E-state index < -0.39 is 0 Å². The molecule has 1 fully saturated rings. The van der Waals surface area contributed by atoms with E-state index in [1.165, 1.54) is 38.0 Å². The van der Waals surface area contributed by atoms with Crippen LogP contribution in [0.3, 0.4) is 0 Å². The minimum absolute atomic E-state index is 0.635. The second-order valence-corrected chi connectivity index (χ2v) is 5.32. The van der Waals surface area contributed by atoms with Crippen LogP contribution in [0.4, 0.5) is 0 Å². The third-order valence-electron chi connectivity index (χ3n) is 3.42. The van der Waals surface area contributed by atoms with E-state index in [0.29, 0.717) is 12.1 Å². The monoisotopic (exact) mass is 232 g/mol. The zero-order valence-corrected chi connectivity index (χ0v) is 11.0. The van der Waals surface area contributed by atoms with Gasteiger partial charge in [0.1, 0.15) is 0 Å². The molecule has 2 rings (SSSR count). The highest BCUT2D eigenvalue weighted by atomic mass is 15.2. The highest BCUT2D eigenvalue weighted by Crippen LogP contribution is 2.07. The highest BCUT2D eigenvalue weighted by Gasteiger charge is 2.19. The molecule has 2 heteroatoms. The van der Waals surface area contributed by atoms with Crippen molar-refractivity contribution in [2.24, 2.45) is 0 Å². The van der Waals surface area contributed by atoms with Gasteiger partial charge in [0, 0.05) is 25.2 Å². The van der Waals surface area contributed by atoms with Crippen molar-refractivity contribution in [2.75, 3.05) is 19.6 Å². The Labute approximate surface area is 105 Å². The molecule has 0 saturated carbocycles. The lowest BCUT2D eigenvalue weighted by Gasteiger charge is -2.36. The summed E-state index contributed by atoms with van der Waals surface area (Å²) in [6.07, 6.45) is 2.47. The molecular formula is C15H24N2. The smallest absolute Gasteiger partial charge is 0.0169 e. The van der Waals surface area contributed by atoms with Crippen molar-refractivity contribution in [1.82, 2.24) is 10.2 Å². The summed E-state index contributed by atoms with van der Waals surface area (Å²) < 4.78 is 0. The van der Waals surface area contributed by atoms with Crippen LogP contribution in [0.1, 0.15) is 25.8 Å². The quantitative estimate of drug-likeness (QED) is 0.857. The van der Waals surface area contributed by atoms with Crippen LogP contribution < -0.4 is 5.32 Å². The van der Waals surface area contributed by atoms with Crippen molar-refractivity contribution in [3.63, 3.8) is 0 Å². The zero-order chi connectivity index (χ0) is 12.1. The largest absolute Gasteiger partial charge is 0.309 e. The summed E-state index contributed by atoms with van der Waals surface area (Å²) in [6.45, 7) is 8.17. The van der Waals surface area contributed by atoms with Crippen LogP contribution in [-0.4, -0.2) is 36.6 Å². The molecule has 0 radical (unpaired) electrons. The van der Waals surface area contributed by atoms with E-state index in [1.54, 1.807) is 0 Å². The maximum atomic E-state index is 3.58. The summed E-state index contributed by atoms with van der Waals surface area (Å²) >= 11 is 0. The van der Waals surface area contributed by atoms with Crippen LogP contribution in [0.2, 0.25) is 0 Å². The first-order chi connectivity index (χ1) is 8.24. The summed E-state index contributed by atoms with van der Waals surface area (Å²) in [5, 5.41) is 3.58. The van der Waals surface area contributed by atoms with Crippen LogP contribution in [0.25, 0.3) is 0 Å². The molecule has 0 spiro atoms. The van der Waals surface area contributed by atoms with Gasteiger partial charge in [0.15, 0.2) is 0 Å². The fourth-order valence-electron chi connectivity index (χ4n) is 2.77. The van der Waals surface area contributed by atoms with Gasteiger partial charge >= 0.3 is 0 Å². The van der Waals surface area contributed by atoms with Crippen LogP contribution in [0, 0.1) is 0 Å². The molecule has 0 aromatic heterocycles. The fourth-order valence-corrected chi connectivity index (χ4v) is 2.77. The lowest BCUT2D eigenvalue weighted by Crippen LogP contribution is -2.54. The Kier molecular flexibility index (Phi) is 4.57. The Morgan fingerprint density at radius 1 is 1.12 bits per heavy atom. The van der Waals surface area contributed by atoms with Crippen LogP contribution in [-0.2, 0) is 6.42 Å². The minimum atomic E-state index is 0.635. The highest BCUT2D eigenvalue weighted by molar-refractivity contribution is 5.14. The predicted molar refractivity (Wildman–Crippen MR) is 73.3 cm³/mol. The van der Waals surface area contributed by atoms with Gasteiger partial charge in [-0.15, -0.1) is 0 Å². The van der Waals surface area contributed by atoms with E-state index in [4.69, 9.17) is 0 Å². The van der Waals surface area contributed by atoms with E-state index in [0.717, 1.165) is 0 Å². The Hall–Kier alpha value is -0.860. The second kappa shape index (κ2) is 6.18. The molecule has 0 amide bonds. The number of rotatable bonds is 4. The third kappa shape index (κ3) is 4.14. The molecule has 0 unspecified atom stereocenters. The van der Waals surface area contributed by atoms with Gasteiger partial charge in [-0.25, -0.2) is 0 Å². The number of nitrogens with one attached hydrogen (secondary N) is 1. The van der Waals surface area contributed by atoms with Crippen molar-refractivity contribution in [1.29, 1.82) is 0 Å². The standard InChI is InChI=1S/C15H24N2/c1-13-11-17(12-14(2)16-13)10-6-9-15-7-4-3-5-8-15/h3-5,7-8,13-14,16H,6,9-12H2,1-2H3/t13-,14+. The molecule has 2 nitrogen and oxygen atoms in total. The van der Waals surface area contributed by atoms with Crippen molar-refractivity contribution in [3.8, 4) is 0 Å². The van der Waals surface area contributed by atoms with Gasteiger partial charge in [-0.05, 0) is 38.8 Å². The average Bonchev–Trinajstić information content (AvgIpc) is 2.29. The molecule has 1 aliphatic rings. The summed E-state index contributed by atoms with van der Waals surface area (Å²) in [6, 6.07) is 12.1. The fraction of sp³-hybridized carbons (Fsp3) is 0.600. The first-order valence-corrected chi connectivity index (χ1v) is 6.76. The SMILES string of the molecule is C[C@@H]1CN(CCCc2ccccc2)C[C@H](C)N1. The van der Waals surface area contributed by atoms with Crippen molar-refractivity contribution < 1.29 is 0 Å². The van der Waals surface area contributed by atoms with Gasteiger partial charge in [0.2, 0.25) is 0 Å². The summed E-state index contributed by atoms with van der Waals surface area (Å²) in [5.41, 5.74) is 1.46. The Balaban J connectivity index is 1.71. The van der Waals surface area contributed by atoms with Crippen LogP contribution >= 0.6 is 0 Å². The molecule has 1 aromatic carbocycles. The van der Waals surface area contributed by atoms with Gasteiger partial charge in [-0.2, -0.15) is 0 Å². The number of hydrogen-bond acceptors (Lipinski definition) is 2. The van der Waals surface area contributed by atoms with Crippen molar-refractivity contribution >= 4 is 0 Å². The second-order valence-electron chi connectivity index (χ2n) is 5.32. The van der Waals surface area contributed by atoms with E-state index in [1.807, 2.05) is 0 Å². The molecule has 2 atom stereocenters. The Morgan fingerprint density at radius 2 is 1.76 bits per heavy atom. The van der Waals surface area contributed by atoms with E-state index in [9.17, 15) is 0 Å². The molecule has 17 heavy (non-hydrogen) atoms. The number of aryl methyl sites for hydroxylation is 1. The normalized spacial score (nSPS) is 26.0. The molecule has 0 bridgehead atoms. The summed E-state index contributed by atoms with van der Waals surface area (Å²) in [7, 11) is 0. The number of benzene rings is 1. The van der Waals surface area contributed by atoms with Gasteiger partial charge in [0.05, 0.1) is 0 Å². The Bertz CT molecular complexity index is 313. The van der Waals surface area contributed by atoms with Gasteiger partial charge in [-0.3, -0.25) is 0 Å². The maximum Gasteiger partial charge on any atom is 0.0169 e. The Morgan fingerprint density at radius 3 is 2.41 bits per heavy atom. The average molecular weight is 232 g/mol. The van der Waals surface area contributed by atoms with Gasteiger partial charge in [0.25, 0.3) is 0 Å². The van der Waals surface area contributed by atoms with Gasteiger partial charge < -0.3 is 10.2 Å². The van der Waals surface area contributed by atoms with E-state index in [2.05, 4.69) is 54.4 Å². The molecule has 94 valence electrons. The molecule has 1 saturated heterocycles. The van der Waals surface area contributed by atoms with Crippen LogP contribution in [0.5, 0.6) is 0 Å². The molecule has 1 N–H and O–H groups in total. The number of hydrogen-bond donors (Lipinski definition) is 1. The van der Waals surface area contributed by atoms with Crippen molar-refractivity contribution in [3.05, 3.63) is 35.9 Å².